The van der Waals surface area contributed by atoms with Crippen LogP contribution in [0.1, 0.15) is 10.4 Å². The van der Waals surface area contributed by atoms with E-state index >= 15 is 0 Å². The topological polar surface area (TPSA) is 97.4 Å². The van der Waals surface area contributed by atoms with Crippen LogP contribution in [0.25, 0.3) is 11.1 Å². The molecule has 0 heterocycles. The van der Waals surface area contributed by atoms with E-state index in [9.17, 15) is 21.6 Å². The van der Waals surface area contributed by atoms with Gasteiger partial charge in [0.1, 0.15) is 0 Å². The Balaban J connectivity index is 1.84. The highest BCUT2D eigenvalue weighted by atomic mass is 35.5. The zero-order valence-corrected chi connectivity index (χ0v) is 18.5. The first kappa shape index (κ1) is 22.0. The van der Waals surface area contributed by atoms with Crippen LogP contribution in [0.15, 0.2) is 76.5 Å². The maximum atomic E-state index is 12.6. The van der Waals surface area contributed by atoms with Gasteiger partial charge in [-0.25, -0.2) is 16.8 Å². The molecule has 0 aliphatic rings. The summed E-state index contributed by atoms with van der Waals surface area (Å²) in [6.07, 6.45) is 2.21. The van der Waals surface area contributed by atoms with Crippen molar-refractivity contribution >= 4 is 42.9 Å². The van der Waals surface area contributed by atoms with Crippen molar-refractivity contribution in [3.63, 3.8) is 0 Å². The van der Waals surface area contributed by atoms with E-state index in [1.54, 1.807) is 30.3 Å². The molecular formula is C21H18ClNO5S2. The van der Waals surface area contributed by atoms with Crippen molar-refractivity contribution in [2.75, 3.05) is 17.8 Å². The van der Waals surface area contributed by atoms with Crippen molar-refractivity contribution in [2.45, 2.75) is 9.79 Å². The lowest BCUT2D eigenvalue weighted by Crippen LogP contribution is -2.13. The molecule has 156 valence electrons. The molecule has 0 bridgehead atoms. The summed E-state index contributed by atoms with van der Waals surface area (Å²) in [7, 11) is -6.71. The second-order valence-corrected chi connectivity index (χ2v) is 11.2. The van der Waals surface area contributed by atoms with Crippen molar-refractivity contribution in [1.29, 1.82) is 0 Å². The molecule has 6 nitrogen and oxygen atoms in total. The van der Waals surface area contributed by atoms with Gasteiger partial charge in [-0.1, -0.05) is 35.9 Å². The fourth-order valence-corrected chi connectivity index (χ4v) is 4.39. The summed E-state index contributed by atoms with van der Waals surface area (Å²) < 4.78 is 46.4. The van der Waals surface area contributed by atoms with Gasteiger partial charge in [0.25, 0.3) is 5.91 Å². The first-order valence-corrected chi connectivity index (χ1v) is 12.8. The molecule has 0 spiro atoms. The van der Waals surface area contributed by atoms with Crippen LogP contribution in [-0.4, -0.2) is 35.3 Å². The molecule has 0 aliphatic carbocycles. The van der Waals surface area contributed by atoms with E-state index in [0.717, 1.165) is 23.6 Å². The first-order valence-electron chi connectivity index (χ1n) is 8.67. The highest BCUT2D eigenvalue weighted by Gasteiger charge is 2.15. The summed E-state index contributed by atoms with van der Waals surface area (Å²) in [6.45, 7) is 0. The van der Waals surface area contributed by atoms with Gasteiger partial charge in [0, 0.05) is 18.2 Å². The largest absolute Gasteiger partial charge is 0.322 e. The average molecular weight is 464 g/mol. The van der Waals surface area contributed by atoms with Crippen LogP contribution in [0, 0.1) is 0 Å². The zero-order valence-electron chi connectivity index (χ0n) is 16.1. The highest BCUT2D eigenvalue weighted by molar-refractivity contribution is 7.91. The monoisotopic (exact) mass is 463 g/mol. The van der Waals surface area contributed by atoms with Crippen molar-refractivity contribution in [3.05, 3.63) is 77.3 Å². The predicted octanol–water partition coefficient (Wildman–Crippen LogP) is 4.07. The molecule has 0 radical (unpaired) electrons. The fourth-order valence-electron chi connectivity index (χ4n) is 2.78. The molecule has 1 amide bonds. The van der Waals surface area contributed by atoms with Gasteiger partial charge < -0.3 is 5.32 Å². The average Bonchev–Trinajstić information content (AvgIpc) is 2.66. The van der Waals surface area contributed by atoms with Crippen molar-refractivity contribution in [1.82, 2.24) is 0 Å². The third-order valence-corrected chi connectivity index (χ3v) is 6.90. The lowest BCUT2D eigenvalue weighted by Gasteiger charge is -2.10. The van der Waals surface area contributed by atoms with E-state index in [2.05, 4.69) is 5.32 Å². The molecular weight excluding hydrogens is 446 g/mol. The maximum absolute atomic E-state index is 12.6. The fraction of sp³-hybridized carbons (Fsp3) is 0.0952. The lowest BCUT2D eigenvalue weighted by molar-refractivity contribution is 0.102. The van der Waals surface area contributed by atoms with Crippen LogP contribution in [0.3, 0.4) is 0 Å². The Morgan fingerprint density at radius 3 is 1.93 bits per heavy atom. The number of anilines is 1. The number of halogens is 1. The number of rotatable bonds is 5. The molecule has 3 aromatic rings. The van der Waals surface area contributed by atoms with Gasteiger partial charge in [-0.15, -0.1) is 0 Å². The Morgan fingerprint density at radius 2 is 1.37 bits per heavy atom. The SMILES string of the molecule is CS(=O)(=O)c1ccc(-c2cccc(NC(=O)c3ccc(S(C)(=O)=O)cc3Cl)c2)cc1. The van der Waals surface area contributed by atoms with Gasteiger partial charge >= 0.3 is 0 Å². The Kier molecular flexibility index (Phi) is 6.03. The van der Waals surface area contributed by atoms with Gasteiger partial charge in [0.2, 0.25) is 0 Å². The molecule has 9 heteroatoms. The minimum Gasteiger partial charge on any atom is -0.322 e. The van der Waals surface area contributed by atoms with E-state index in [1.807, 2.05) is 6.07 Å². The number of nitrogens with one attached hydrogen (secondary N) is 1. The minimum absolute atomic E-state index is 0.0305. The van der Waals surface area contributed by atoms with Crippen LogP contribution in [0.5, 0.6) is 0 Å². The van der Waals surface area contributed by atoms with Crippen LogP contribution < -0.4 is 5.32 Å². The Bertz CT molecular complexity index is 1330. The second kappa shape index (κ2) is 8.22. The summed E-state index contributed by atoms with van der Waals surface area (Å²) in [4.78, 5) is 12.8. The van der Waals surface area contributed by atoms with Crippen LogP contribution >= 0.6 is 11.6 Å². The van der Waals surface area contributed by atoms with E-state index in [4.69, 9.17) is 11.6 Å². The predicted molar refractivity (Wildman–Crippen MR) is 118 cm³/mol. The number of carbonyl (C=O) groups excluding carboxylic acids is 1. The van der Waals surface area contributed by atoms with Gasteiger partial charge in [-0.05, 0) is 53.6 Å². The molecule has 0 fully saturated rings. The number of benzene rings is 3. The van der Waals surface area contributed by atoms with Crippen molar-refractivity contribution < 1.29 is 21.6 Å². The summed E-state index contributed by atoms with van der Waals surface area (Å²) in [5, 5.41) is 2.76. The van der Waals surface area contributed by atoms with Gasteiger partial charge in [-0.2, -0.15) is 0 Å². The molecule has 30 heavy (non-hydrogen) atoms. The summed E-state index contributed by atoms with van der Waals surface area (Å²) in [5.41, 5.74) is 2.22. The zero-order chi connectivity index (χ0) is 22.1. The minimum atomic E-state index is -3.43. The normalized spacial score (nSPS) is 11.8. The molecule has 0 aromatic heterocycles. The second-order valence-electron chi connectivity index (χ2n) is 6.75. The molecule has 0 saturated carbocycles. The number of hydrogen-bond donors (Lipinski definition) is 1. The Labute approximate surface area is 180 Å². The molecule has 0 unspecified atom stereocenters. The lowest BCUT2D eigenvalue weighted by atomic mass is 10.1. The first-order chi connectivity index (χ1) is 13.9. The molecule has 1 N–H and O–H groups in total. The molecule has 3 rings (SSSR count). The highest BCUT2D eigenvalue weighted by Crippen LogP contribution is 2.26. The van der Waals surface area contributed by atoms with E-state index in [0.29, 0.717) is 5.69 Å². The van der Waals surface area contributed by atoms with Crippen molar-refractivity contribution in [2.24, 2.45) is 0 Å². The summed E-state index contributed by atoms with van der Waals surface area (Å²) in [6, 6.07) is 17.4. The molecule has 0 saturated heterocycles. The third kappa shape index (κ3) is 5.08. The number of hydrogen-bond acceptors (Lipinski definition) is 5. The molecule has 3 aromatic carbocycles. The smallest absolute Gasteiger partial charge is 0.257 e. The van der Waals surface area contributed by atoms with E-state index in [-0.39, 0.29) is 20.4 Å². The van der Waals surface area contributed by atoms with Gasteiger partial charge in [-0.3, -0.25) is 4.79 Å². The third-order valence-electron chi connectivity index (χ3n) is 4.35. The summed E-state index contributed by atoms with van der Waals surface area (Å²) >= 11 is 6.10. The van der Waals surface area contributed by atoms with Crippen LogP contribution in [0.4, 0.5) is 5.69 Å². The summed E-state index contributed by atoms with van der Waals surface area (Å²) in [5.74, 6) is -0.482. The van der Waals surface area contributed by atoms with Crippen LogP contribution in [-0.2, 0) is 19.7 Å². The standard InChI is InChI=1S/C21H18ClNO5S2/c1-29(25,26)17-8-6-14(7-9-17)15-4-3-5-16(12-15)23-21(24)19-11-10-18(13-20(19)22)30(2,27)28/h3-13H,1-2H3,(H,23,24). The number of amides is 1. The van der Waals surface area contributed by atoms with Gasteiger partial charge in [0.15, 0.2) is 19.7 Å². The van der Waals surface area contributed by atoms with Crippen LogP contribution in [0.2, 0.25) is 5.02 Å². The van der Waals surface area contributed by atoms with Gasteiger partial charge in [0.05, 0.1) is 20.4 Å². The number of carbonyl (C=O) groups is 1. The van der Waals surface area contributed by atoms with E-state index in [1.165, 1.54) is 30.3 Å². The molecule has 0 aliphatic heterocycles. The van der Waals surface area contributed by atoms with Crippen molar-refractivity contribution in [3.8, 4) is 11.1 Å². The number of sulfone groups is 2. The molecule has 0 atom stereocenters. The quantitative estimate of drug-likeness (QED) is 0.615. The Morgan fingerprint density at radius 1 is 0.767 bits per heavy atom. The maximum Gasteiger partial charge on any atom is 0.257 e. The van der Waals surface area contributed by atoms with E-state index < -0.39 is 25.6 Å². The Hall–Kier alpha value is -2.68.